The highest BCUT2D eigenvalue weighted by molar-refractivity contribution is 5.89. The number of hydrogen-bond donors (Lipinski definition) is 2. The fourth-order valence-corrected chi connectivity index (χ4v) is 3.66. The Morgan fingerprint density at radius 2 is 1.83 bits per heavy atom. The standard InChI is InChI=1S/C24H29N3O3/c1-16-11-17(2)13-20(12-16)30-10-9-27(4)24(29)23(26-18(3)28)14-19-15-25-22-8-6-5-7-21(19)22/h5-8,11-13,15,23,25H,9-10,14H2,1-4H3,(H,26,28)/t23-/m0/s1. The highest BCUT2D eigenvalue weighted by Crippen LogP contribution is 2.20. The van der Waals surface area contributed by atoms with Crippen molar-refractivity contribution < 1.29 is 14.3 Å². The molecule has 1 atom stereocenters. The third-order valence-corrected chi connectivity index (χ3v) is 5.04. The number of H-pyrrole nitrogens is 1. The number of ether oxygens (including phenoxy) is 1. The SMILES string of the molecule is CC(=O)N[C@@H](Cc1c[nH]c2ccccc12)C(=O)N(C)CCOc1cc(C)cc(C)c1. The first kappa shape index (κ1) is 21.4. The van der Waals surface area contributed by atoms with Gasteiger partial charge in [-0.2, -0.15) is 0 Å². The Labute approximate surface area is 177 Å². The summed E-state index contributed by atoms with van der Waals surface area (Å²) >= 11 is 0. The largest absolute Gasteiger partial charge is 0.492 e. The maximum atomic E-state index is 13.0. The van der Waals surface area contributed by atoms with Crippen LogP contribution in [0.3, 0.4) is 0 Å². The first-order valence-electron chi connectivity index (χ1n) is 10.1. The molecule has 0 saturated carbocycles. The van der Waals surface area contributed by atoms with Gasteiger partial charge >= 0.3 is 0 Å². The zero-order valence-electron chi connectivity index (χ0n) is 18.0. The van der Waals surface area contributed by atoms with Gasteiger partial charge in [0.25, 0.3) is 0 Å². The third-order valence-electron chi connectivity index (χ3n) is 5.04. The van der Waals surface area contributed by atoms with Crippen LogP contribution in [-0.2, 0) is 16.0 Å². The summed E-state index contributed by atoms with van der Waals surface area (Å²) in [4.78, 5) is 29.6. The van der Waals surface area contributed by atoms with Crippen LogP contribution in [0.1, 0.15) is 23.6 Å². The van der Waals surface area contributed by atoms with E-state index in [-0.39, 0.29) is 11.8 Å². The van der Waals surface area contributed by atoms with Gasteiger partial charge in [0.2, 0.25) is 11.8 Å². The van der Waals surface area contributed by atoms with E-state index in [1.165, 1.54) is 6.92 Å². The van der Waals surface area contributed by atoms with Crippen molar-refractivity contribution in [2.75, 3.05) is 20.2 Å². The molecule has 2 aromatic carbocycles. The zero-order chi connectivity index (χ0) is 21.7. The summed E-state index contributed by atoms with van der Waals surface area (Å²) in [5, 5.41) is 3.86. The number of nitrogens with one attached hydrogen (secondary N) is 2. The van der Waals surface area contributed by atoms with Crippen molar-refractivity contribution in [1.29, 1.82) is 0 Å². The van der Waals surface area contributed by atoms with E-state index in [9.17, 15) is 9.59 Å². The average molecular weight is 408 g/mol. The van der Waals surface area contributed by atoms with E-state index in [0.717, 1.165) is 33.3 Å². The van der Waals surface area contributed by atoms with Crippen molar-refractivity contribution in [1.82, 2.24) is 15.2 Å². The van der Waals surface area contributed by atoms with Crippen LogP contribution < -0.4 is 10.1 Å². The first-order valence-corrected chi connectivity index (χ1v) is 10.1. The molecule has 30 heavy (non-hydrogen) atoms. The molecule has 6 nitrogen and oxygen atoms in total. The zero-order valence-corrected chi connectivity index (χ0v) is 18.0. The number of benzene rings is 2. The normalized spacial score (nSPS) is 11.9. The summed E-state index contributed by atoms with van der Waals surface area (Å²) in [6, 6.07) is 13.3. The Morgan fingerprint density at radius 3 is 2.53 bits per heavy atom. The van der Waals surface area contributed by atoms with Crippen LogP contribution in [-0.4, -0.2) is 47.9 Å². The van der Waals surface area contributed by atoms with Crippen molar-refractivity contribution in [3.63, 3.8) is 0 Å². The van der Waals surface area contributed by atoms with E-state index in [2.05, 4.69) is 16.4 Å². The highest BCUT2D eigenvalue weighted by Gasteiger charge is 2.24. The molecule has 2 amide bonds. The van der Waals surface area contributed by atoms with Gasteiger partial charge in [-0.05, 0) is 48.7 Å². The summed E-state index contributed by atoms with van der Waals surface area (Å²) in [6.07, 6.45) is 2.32. The number of aromatic amines is 1. The summed E-state index contributed by atoms with van der Waals surface area (Å²) in [5.74, 6) is 0.429. The van der Waals surface area contributed by atoms with Gasteiger partial charge in [0, 0.05) is 37.5 Å². The molecule has 0 radical (unpaired) electrons. The van der Waals surface area contributed by atoms with Crippen LogP contribution in [0.25, 0.3) is 10.9 Å². The van der Waals surface area contributed by atoms with Crippen molar-refractivity contribution in [2.24, 2.45) is 0 Å². The van der Waals surface area contributed by atoms with Crippen molar-refractivity contribution >= 4 is 22.7 Å². The molecule has 0 aliphatic carbocycles. The predicted octanol–water partition coefficient (Wildman–Crippen LogP) is 3.37. The summed E-state index contributed by atoms with van der Waals surface area (Å²) in [5.41, 5.74) is 4.28. The van der Waals surface area contributed by atoms with Crippen LogP contribution in [0.5, 0.6) is 5.75 Å². The molecule has 6 heteroatoms. The quantitative estimate of drug-likeness (QED) is 0.601. The van der Waals surface area contributed by atoms with Crippen LogP contribution in [0.4, 0.5) is 0 Å². The molecule has 2 N–H and O–H groups in total. The number of amides is 2. The van der Waals surface area contributed by atoms with Crippen LogP contribution in [0.15, 0.2) is 48.7 Å². The lowest BCUT2D eigenvalue weighted by atomic mass is 10.0. The van der Waals surface area contributed by atoms with Gasteiger partial charge < -0.3 is 19.9 Å². The average Bonchev–Trinajstić information content (AvgIpc) is 3.09. The molecule has 0 saturated heterocycles. The number of fused-ring (bicyclic) bond motifs is 1. The maximum absolute atomic E-state index is 13.0. The van der Waals surface area contributed by atoms with Crippen molar-refractivity contribution in [3.05, 3.63) is 65.4 Å². The highest BCUT2D eigenvalue weighted by atomic mass is 16.5. The smallest absolute Gasteiger partial charge is 0.245 e. The van der Waals surface area contributed by atoms with Gasteiger partial charge in [0.05, 0.1) is 6.54 Å². The van der Waals surface area contributed by atoms with E-state index in [1.807, 2.05) is 56.4 Å². The Balaban J connectivity index is 1.64. The molecular formula is C24H29N3O3. The maximum Gasteiger partial charge on any atom is 0.245 e. The molecule has 0 fully saturated rings. The minimum atomic E-state index is -0.632. The molecule has 3 aromatic rings. The van der Waals surface area contributed by atoms with Gasteiger partial charge in [-0.1, -0.05) is 24.3 Å². The summed E-state index contributed by atoms with van der Waals surface area (Å²) in [7, 11) is 1.73. The number of para-hydroxylation sites is 1. The van der Waals surface area contributed by atoms with E-state index in [4.69, 9.17) is 4.74 Å². The van der Waals surface area contributed by atoms with Gasteiger partial charge in [-0.3, -0.25) is 9.59 Å². The number of carbonyl (C=O) groups is 2. The number of carbonyl (C=O) groups excluding carboxylic acids is 2. The fourth-order valence-electron chi connectivity index (χ4n) is 3.66. The molecule has 0 spiro atoms. The Morgan fingerprint density at radius 1 is 1.13 bits per heavy atom. The second-order valence-corrected chi connectivity index (χ2v) is 7.75. The number of likely N-dealkylation sites (N-methyl/N-ethyl adjacent to an activating group) is 1. The number of nitrogens with zero attached hydrogens (tertiary/aromatic N) is 1. The number of hydrogen-bond acceptors (Lipinski definition) is 3. The molecular weight excluding hydrogens is 378 g/mol. The molecule has 0 unspecified atom stereocenters. The fraction of sp³-hybridized carbons (Fsp3) is 0.333. The molecule has 0 bridgehead atoms. The molecule has 1 aromatic heterocycles. The molecule has 1 heterocycles. The third kappa shape index (κ3) is 5.41. The van der Waals surface area contributed by atoms with Crippen LogP contribution in [0, 0.1) is 13.8 Å². The lowest BCUT2D eigenvalue weighted by Gasteiger charge is -2.24. The van der Waals surface area contributed by atoms with Crippen LogP contribution in [0.2, 0.25) is 0 Å². The van der Waals surface area contributed by atoms with Gasteiger partial charge in [-0.15, -0.1) is 0 Å². The second kappa shape index (κ2) is 9.48. The van der Waals surface area contributed by atoms with Crippen molar-refractivity contribution in [2.45, 2.75) is 33.2 Å². The lowest BCUT2D eigenvalue weighted by molar-refractivity contribution is -0.135. The number of aryl methyl sites for hydroxylation is 2. The lowest BCUT2D eigenvalue weighted by Crippen LogP contribution is -2.48. The van der Waals surface area contributed by atoms with Gasteiger partial charge in [0.1, 0.15) is 18.4 Å². The second-order valence-electron chi connectivity index (χ2n) is 7.75. The Hall–Kier alpha value is -3.28. The van der Waals surface area contributed by atoms with Gasteiger partial charge in [-0.25, -0.2) is 0 Å². The van der Waals surface area contributed by atoms with Crippen LogP contribution >= 0.6 is 0 Å². The van der Waals surface area contributed by atoms with E-state index in [1.54, 1.807) is 11.9 Å². The predicted molar refractivity (Wildman–Crippen MR) is 119 cm³/mol. The molecule has 158 valence electrons. The molecule has 3 rings (SSSR count). The summed E-state index contributed by atoms with van der Waals surface area (Å²) < 4.78 is 5.83. The van der Waals surface area contributed by atoms with E-state index < -0.39 is 6.04 Å². The molecule has 0 aliphatic rings. The monoisotopic (exact) mass is 407 g/mol. The summed E-state index contributed by atoms with van der Waals surface area (Å²) in [6.45, 7) is 6.29. The molecule has 0 aliphatic heterocycles. The minimum absolute atomic E-state index is 0.139. The topological polar surface area (TPSA) is 74.4 Å². The first-order chi connectivity index (χ1) is 14.3. The van der Waals surface area contributed by atoms with Gasteiger partial charge in [0.15, 0.2) is 0 Å². The number of rotatable bonds is 8. The Bertz CT molecular complexity index is 1020. The minimum Gasteiger partial charge on any atom is -0.492 e. The van der Waals surface area contributed by atoms with E-state index >= 15 is 0 Å². The number of aromatic nitrogens is 1. The Kier molecular flexibility index (Phi) is 6.77. The van der Waals surface area contributed by atoms with E-state index in [0.29, 0.717) is 19.6 Å². The van der Waals surface area contributed by atoms with Crippen molar-refractivity contribution in [3.8, 4) is 5.75 Å².